The highest BCUT2D eigenvalue weighted by atomic mass is 32.2. The molecule has 0 spiro atoms. The molecule has 27 heavy (non-hydrogen) atoms. The van der Waals surface area contributed by atoms with Crippen molar-refractivity contribution in [1.29, 1.82) is 0 Å². The lowest BCUT2D eigenvalue weighted by Gasteiger charge is -2.15. The maximum absolute atomic E-state index is 12.4. The number of carbonyl (C=O) groups excluding carboxylic acids is 2. The van der Waals surface area contributed by atoms with Gasteiger partial charge in [-0.05, 0) is 19.1 Å². The summed E-state index contributed by atoms with van der Waals surface area (Å²) in [7, 11) is -1.31. The van der Waals surface area contributed by atoms with Gasteiger partial charge >= 0.3 is 11.9 Å². The molecule has 1 N–H and O–H groups in total. The van der Waals surface area contributed by atoms with Crippen molar-refractivity contribution in [2.24, 2.45) is 0 Å². The van der Waals surface area contributed by atoms with E-state index in [9.17, 15) is 18.0 Å². The van der Waals surface area contributed by atoms with Gasteiger partial charge in [0.1, 0.15) is 0 Å². The van der Waals surface area contributed by atoms with Crippen molar-refractivity contribution < 1.29 is 27.5 Å². The van der Waals surface area contributed by atoms with Crippen LogP contribution in [0.5, 0.6) is 0 Å². The number of anilines is 1. The molecule has 0 amide bonds. The zero-order valence-electron chi connectivity index (χ0n) is 15.2. The first-order chi connectivity index (χ1) is 12.7. The average molecular weight is 395 g/mol. The standard InChI is InChI=1S/C17H21N3O6S/c1-12-4-6-15(7-5-12)27(23,24)19-13-10-18-20(11-13)14(8-16(21)25-2)9-17(22)26-3/h4-7,10-11,14,19H,8-9H2,1-3H3. The highest BCUT2D eigenvalue weighted by Gasteiger charge is 2.22. The second-order valence-corrected chi connectivity index (χ2v) is 7.52. The van der Waals surface area contributed by atoms with E-state index in [1.54, 1.807) is 12.1 Å². The number of esters is 2. The molecule has 0 unspecified atom stereocenters. The first-order valence-corrected chi connectivity index (χ1v) is 9.50. The maximum Gasteiger partial charge on any atom is 0.307 e. The van der Waals surface area contributed by atoms with E-state index in [2.05, 4.69) is 19.3 Å². The normalized spacial score (nSPS) is 11.3. The van der Waals surface area contributed by atoms with Gasteiger partial charge in [-0.3, -0.25) is 19.0 Å². The van der Waals surface area contributed by atoms with Crippen LogP contribution < -0.4 is 4.72 Å². The third-order valence-corrected chi connectivity index (χ3v) is 5.22. The van der Waals surface area contributed by atoms with Crippen LogP contribution in [0.4, 0.5) is 5.69 Å². The molecule has 0 aliphatic heterocycles. The highest BCUT2D eigenvalue weighted by molar-refractivity contribution is 7.92. The van der Waals surface area contributed by atoms with Crippen molar-refractivity contribution in [3.63, 3.8) is 0 Å². The van der Waals surface area contributed by atoms with Crippen molar-refractivity contribution in [3.8, 4) is 0 Å². The summed E-state index contributed by atoms with van der Waals surface area (Å²) in [6.07, 6.45) is 2.48. The number of aryl methyl sites for hydroxylation is 1. The molecule has 146 valence electrons. The van der Waals surface area contributed by atoms with Crippen LogP contribution in [0.2, 0.25) is 0 Å². The Hall–Kier alpha value is -2.88. The van der Waals surface area contributed by atoms with Crippen LogP contribution in [0, 0.1) is 6.92 Å². The topological polar surface area (TPSA) is 117 Å². The van der Waals surface area contributed by atoms with E-state index in [-0.39, 0.29) is 23.4 Å². The zero-order chi connectivity index (χ0) is 20.0. The van der Waals surface area contributed by atoms with Crippen molar-refractivity contribution >= 4 is 27.6 Å². The van der Waals surface area contributed by atoms with E-state index < -0.39 is 28.0 Å². The first-order valence-electron chi connectivity index (χ1n) is 8.02. The lowest BCUT2D eigenvalue weighted by molar-refractivity contribution is -0.144. The van der Waals surface area contributed by atoms with E-state index in [1.807, 2.05) is 6.92 Å². The van der Waals surface area contributed by atoms with Crippen LogP contribution in [0.1, 0.15) is 24.4 Å². The Morgan fingerprint density at radius 3 is 2.19 bits per heavy atom. The molecule has 0 fully saturated rings. The van der Waals surface area contributed by atoms with Gasteiger partial charge in [0.05, 0.1) is 49.9 Å². The molecule has 0 saturated carbocycles. The minimum atomic E-state index is -3.78. The predicted molar refractivity (Wildman–Crippen MR) is 96.5 cm³/mol. The SMILES string of the molecule is COC(=O)CC(CC(=O)OC)n1cc(NS(=O)(=O)c2ccc(C)cc2)cn1. The fourth-order valence-corrected chi connectivity index (χ4v) is 3.36. The number of nitrogens with one attached hydrogen (secondary N) is 1. The third-order valence-electron chi connectivity index (χ3n) is 3.82. The van der Waals surface area contributed by atoms with Crippen molar-refractivity contribution in [1.82, 2.24) is 9.78 Å². The van der Waals surface area contributed by atoms with Gasteiger partial charge in [-0.2, -0.15) is 5.10 Å². The Balaban J connectivity index is 2.20. The molecule has 0 saturated heterocycles. The van der Waals surface area contributed by atoms with Gasteiger partial charge in [0.15, 0.2) is 0 Å². The van der Waals surface area contributed by atoms with Crippen molar-refractivity contribution in [2.75, 3.05) is 18.9 Å². The number of sulfonamides is 1. The summed E-state index contributed by atoms with van der Waals surface area (Å²) in [6.45, 7) is 1.86. The van der Waals surface area contributed by atoms with Gasteiger partial charge in [-0.15, -0.1) is 0 Å². The molecule has 0 radical (unpaired) electrons. The summed E-state index contributed by atoms with van der Waals surface area (Å²) in [5.41, 5.74) is 1.14. The van der Waals surface area contributed by atoms with E-state index >= 15 is 0 Å². The molecule has 10 heteroatoms. The Labute approximate surface area is 157 Å². The monoisotopic (exact) mass is 395 g/mol. The lowest BCUT2D eigenvalue weighted by atomic mass is 10.1. The molecule has 0 aliphatic rings. The summed E-state index contributed by atoms with van der Waals surface area (Å²) < 4.78 is 37.9. The molecule has 1 heterocycles. The third kappa shape index (κ3) is 5.55. The number of carbonyl (C=O) groups is 2. The molecular formula is C17H21N3O6S. The van der Waals surface area contributed by atoms with Crippen molar-refractivity contribution in [2.45, 2.75) is 30.7 Å². The molecule has 0 bridgehead atoms. The van der Waals surface area contributed by atoms with Gasteiger partial charge < -0.3 is 9.47 Å². The molecule has 1 aromatic carbocycles. The Kier molecular flexibility index (Phi) is 6.56. The highest BCUT2D eigenvalue weighted by Crippen LogP contribution is 2.21. The second kappa shape index (κ2) is 8.67. The largest absolute Gasteiger partial charge is 0.469 e. The quantitative estimate of drug-likeness (QED) is 0.676. The predicted octanol–water partition coefficient (Wildman–Crippen LogP) is 1.66. The molecule has 2 aromatic rings. The van der Waals surface area contributed by atoms with Gasteiger partial charge in [0, 0.05) is 6.20 Å². The summed E-state index contributed by atoms with van der Waals surface area (Å²) in [5, 5.41) is 4.06. The van der Waals surface area contributed by atoms with Crippen LogP contribution in [0.3, 0.4) is 0 Å². The summed E-state index contributed by atoms with van der Waals surface area (Å²) in [4.78, 5) is 23.3. The minimum absolute atomic E-state index is 0.113. The van der Waals surface area contributed by atoms with E-state index in [0.29, 0.717) is 0 Å². The fraction of sp³-hybridized carbons (Fsp3) is 0.353. The minimum Gasteiger partial charge on any atom is -0.469 e. The Morgan fingerprint density at radius 2 is 1.67 bits per heavy atom. The number of ether oxygens (including phenoxy) is 2. The smallest absolute Gasteiger partial charge is 0.307 e. The van der Waals surface area contributed by atoms with Crippen LogP contribution >= 0.6 is 0 Å². The van der Waals surface area contributed by atoms with Crippen LogP contribution in [0.25, 0.3) is 0 Å². The Morgan fingerprint density at radius 1 is 1.11 bits per heavy atom. The van der Waals surface area contributed by atoms with Crippen LogP contribution in [-0.2, 0) is 29.1 Å². The molecule has 9 nitrogen and oxygen atoms in total. The number of rotatable bonds is 8. The van der Waals surface area contributed by atoms with Gasteiger partial charge in [0.25, 0.3) is 10.0 Å². The van der Waals surface area contributed by atoms with Gasteiger partial charge in [0.2, 0.25) is 0 Å². The number of nitrogens with zero attached hydrogens (tertiary/aromatic N) is 2. The van der Waals surface area contributed by atoms with Gasteiger partial charge in [-0.25, -0.2) is 8.42 Å². The van der Waals surface area contributed by atoms with Gasteiger partial charge in [-0.1, -0.05) is 17.7 Å². The number of methoxy groups -OCH3 is 2. The van der Waals surface area contributed by atoms with E-state index in [1.165, 1.54) is 43.4 Å². The number of aromatic nitrogens is 2. The lowest BCUT2D eigenvalue weighted by Crippen LogP contribution is -2.19. The fourth-order valence-electron chi connectivity index (χ4n) is 2.33. The van der Waals surface area contributed by atoms with E-state index in [4.69, 9.17) is 0 Å². The number of benzene rings is 1. The second-order valence-electron chi connectivity index (χ2n) is 5.84. The average Bonchev–Trinajstić information content (AvgIpc) is 3.08. The number of hydrogen-bond donors (Lipinski definition) is 1. The van der Waals surface area contributed by atoms with Crippen molar-refractivity contribution in [3.05, 3.63) is 42.2 Å². The molecular weight excluding hydrogens is 374 g/mol. The summed E-state index contributed by atoms with van der Waals surface area (Å²) in [5.74, 6) is -1.05. The maximum atomic E-state index is 12.4. The number of hydrogen-bond acceptors (Lipinski definition) is 7. The zero-order valence-corrected chi connectivity index (χ0v) is 16.0. The first kappa shape index (κ1) is 20.4. The Bertz CT molecular complexity index is 887. The molecule has 2 rings (SSSR count). The van der Waals surface area contributed by atoms with Crippen LogP contribution in [-0.4, -0.2) is 44.4 Å². The molecule has 1 aromatic heterocycles. The molecule has 0 atom stereocenters. The summed E-state index contributed by atoms with van der Waals surface area (Å²) in [6, 6.07) is 5.72. The van der Waals surface area contributed by atoms with E-state index in [0.717, 1.165) is 5.56 Å². The summed E-state index contributed by atoms with van der Waals surface area (Å²) >= 11 is 0. The molecule has 0 aliphatic carbocycles. The van der Waals surface area contributed by atoms with Crippen LogP contribution in [0.15, 0.2) is 41.6 Å².